The predicted octanol–water partition coefficient (Wildman–Crippen LogP) is 5.45. The minimum Gasteiger partial charge on any atom is -0.328 e. The molecule has 0 saturated carbocycles. The van der Waals surface area contributed by atoms with Gasteiger partial charge in [-0.15, -0.1) is 10.1 Å². The number of quaternary nitrogens is 1. The molecule has 25 heavy (non-hydrogen) atoms. The summed E-state index contributed by atoms with van der Waals surface area (Å²) in [4.78, 5) is 8.36. The molecule has 144 valence electrons. The van der Waals surface area contributed by atoms with Crippen molar-refractivity contribution < 1.29 is 14.8 Å². The first-order valence-corrected chi connectivity index (χ1v) is 9.64. The molecular weight excluding hydrogens is 316 g/mol. The molecule has 1 aromatic rings. The van der Waals surface area contributed by atoms with Crippen LogP contribution in [0.2, 0.25) is 0 Å². The third-order valence-electron chi connectivity index (χ3n) is 4.72. The standard InChI is InChI=1S/C20H36N.HNO3/c1-4-6-7-8-9-10-11-15-18-21(3,5-2)19-20-16-13-12-14-17-20;2-1(3)4/h12-14,16-17H,4-11,15,18-19H2,1-3H3;(H,2,3,4)/q+1;. The third-order valence-corrected chi connectivity index (χ3v) is 4.72. The average Bonchev–Trinajstić information content (AvgIpc) is 2.58. The van der Waals surface area contributed by atoms with Crippen molar-refractivity contribution in [2.45, 2.75) is 71.8 Å². The molecule has 1 rings (SSSR count). The summed E-state index contributed by atoms with van der Waals surface area (Å²) in [6.45, 7) is 8.34. The van der Waals surface area contributed by atoms with Gasteiger partial charge in [0.05, 0.1) is 20.1 Å². The highest BCUT2D eigenvalue weighted by Crippen LogP contribution is 2.15. The van der Waals surface area contributed by atoms with E-state index in [4.69, 9.17) is 15.3 Å². The summed E-state index contributed by atoms with van der Waals surface area (Å²) in [5.74, 6) is 0. The van der Waals surface area contributed by atoms with Crippen molar-refractivity contribution in [3.8, 4) is 0 Å². The Labute approximate surface area is 153 Å². The van der Waals surface area contributed by atoms with Gasteiger partial charge in [-0.2, -0.15) is 0 Å². The van der Waals surface area contributed by atoms with E-state index in [2.05, 4.69) is 51.2 Å². The van der Waals surface area contributed by atoms with Gasteiger partial charge >= 0.3 is 0 Å². The molecule has 1 unspecified atom stereocenters. The summed E-state index contributed by atoms with van der Waals surface area (Å²) in [6, 6.07) is 11.0. The fourth-order valence-corrected chi connectivity index (χ4v) is 3.00. The Bertz CT molecular complexity index is 436. The maximum Gasteiger partial charge on any atom is 0.291 e. The largest absolute Gasteiger partial charge is 0.328 e. The summed E-state index contributed by atoms with van der Waals surface area (Å²) < 4.78 is 1.18. The number of benzene rings is 1. The van der Waals surface area contributed by atoms with Crippen LogP contribution in [0, 0.1) is 10.1 Å². The van der Waals surface area contributed by atoms with Crippen molar-refractivity contribution in [1.82, 2.24) is 0 Å². The zero-order valence-corrected chi connectivity index (χ0v) is 16.3. The Morgan fingerprint density at radius 1 is 0.960 bits per heavy atom. The van der Waals surface area contributed by atoms with Gasteiger partial charge in [0, 0.05) is 5.56 Å². The van der Waals surface area contributed by atoms with Crippen LogP contribution in [0.3, 0.4) is 0 Å². The summed E-state index contributed by atoms with van der Waals surface area (Å²) in [5, 5.41) is 13.6. The molecule has 0 fully saturated rings. The second kappa shape index (κ2) is 14.7. The van der Waals surface area contributed by atoms with Gasteiger partial charge in [0.15, 0.2) is 0 Å². The lowest BCUT2D eigenvalue weighted by atomic mass is 10.1. The van der Waals surface area contributed by atoms with E-state index in [0.29, 0.717) is 0 Å². The van der Waals surface area contributed by atoms with Crippen molar-refractivity contribution in [2.24, 2.45) is 0 Å². The SMILES string of the molecule is CCCCCCCCCC[N+](C)(CC)Cc1ccccc1.O=[N+]([O-])O. The smallest absolute Gasteiger partial charge is 0.291 e. The van der Waals surface area contributed by atoms with Crippen molar-refractivity contribution >= 4 is 0 Å². The highest BCUT2D eigenvalue weighted by atomic mass is 16.9. The number of rotatable bonds is 12. The van der Waals surface area contributed by atoms with Crippen LogP contribution in [0.15, 0.2) is 30.3 Å². The van der Waals surface area contributed by atoms with Crippen molar-refractivity contribution in [2.75, 3.05) is 20.1 Å². The molecule has 0 bridgehead atoms. The summed E-state index contributed by atoms with van der Waals surface area (Å²) in [6.07, 6.45) is 11.3. The Morgan fingerprint density at radius 3 is 1.92 bits per heavy atom. The summed E-state index contributed by atoms with van der Waals surface area (Å²) in [5.41, 5.74) is 1.47. The molecule has 0 heterocycles. The second-order valence-electron chi connectivity index (χ2n) is 7.02. The van der Waals surface area contributed by atoms with Crippen LogP contribution in [-0.2, 0) is 6.54 Å². The molecule has 1 N–H and O–H groups in total. The molecule has 0 aliphatic rings. The molecule has 0 aromatic heterocycles. The van der Waals surface area contributed by atoms with Crippen molar-refractivity contribution in [1.29, 1.82) is 0 Å². The number of unbranched alkanes of at least 4 members (excludes halogenated alkanes) is 7. The van der Waals surface area contributed by atoms with E-state index in [9.17, 15) is 0 Å². The van der Waals surface area contributed by atoms with E-state index in [0.717, 1.165) is 0 Å². The Hall–Kier alpha value is -1.62. The lowest BCUT2D eigenvalue weighted by molar-refractivity contribution is -0.921. The molecule has 1 aromatic carbocycles. The van der Waals surface area contributed by atoms with Gasteiger partial charge in [0.2, 0.25) is 0 Å². The maximum atomic E-state index is 8.36. The van der Waals surface area contributed by atoms with Crippen LogP contribution in [0.25, 0.3) is 0 Å². The van der Waals surface area contributed by atoms with E-state index in [1.165, 1.54) is 81.0 Å². The van der Waals surface area contributed by atoms with Crippen LogP contribution in [-0.4, -0.2) is 34.9 Å². The van der Waals surface area contributed by atoms with Gasteiger partial charge < -0.3 is 9.69 Å². The van der Waals surface area contributed by atoms with E-state index < -0.39 is 5.09 Å². The lowest BCUT2D eigenvalue weighted by Crippen LogP contribution is -2.43. The molecular formula is C20H37N2O3+. The van der Waals surface area contributed by atoms with Gasteiger partial charge in [-0.05, 0) is 19.8 Å². The Morgan fingerprint density at radius 2 is 1.44 bits per heavy atom. The Balaban J connectivity index is 0.00000129. The molecule has 5 nitrogen and oxygen atoms in total. The number of hydrogen-bond donors (Lipinski definition) is 1. The minimum absolute atomic E-state index is 1.17. The van der Waals surface area contributed by atoms with Crippen LogP contribution >= 0.6 is 0 Å². The highest BCUT2D eigenvalue weighted by molar-refractivity contribution is 5.13. The van der Waals surface area contributed by atoms with Crippen LogP contribution in [0.5, 0.6) is 0 Å². The molecule has 0 radical (unpaired) electrons. The van der Waals surface area contributed by atoms with E-state index in [1.807, 2.05) is 0 Å². The van der Waals surface area contributed by atoms with Crippen molar-refractivity contribution in [3.05, 3.63) is 46.0 Å². The Kier molecular flexibility index (Phi) is 13.7. The molecule has 0 aliphatic heterocycles. The fourth-order valence-electron chi connectivity index (χ4n) is 3.00. The summed E-state index contributed by atoms with van der Waals surface area (Å²) in [7, 11) is 2.41. The molecule has 0 amide bonds. The first kappa shape index (κ1) is 23.4. The first-order valence-electron chi connectivity index (χ1n) is 9.64. The molecule has 0 spiro atoms. The fraction of sp³-hybridized carbons (Fsp3) is 0.700. The van der Waals surface area contributed by atoms with Gasteiger partial charge in [-0.1, -0.05) is 75.8 Å². The van der Waals surface area contributed by atoms with E-state index >= 15 is 0 Å². The molecule has 1 atom stereocenters. The highest BCUT2D eigenvalue weighted by Gasteiger charge is 2.18. The zero-order chi connectivity index (χ0) is 19.0. The van der Waals surface area contributed by atoms with Gasteiger partial charge in [0.1, 0.15) is 6.54 Å². The van der Waals surface area contributed by atoms with Crippen molar-refractivity contribution in [3.63, 3.8) is 0 Å². The zero-order valence-electron chi connectivity index (χ0n) is 16.3. The molecule has 0 saturated heterocycles. The first-order chi connectivity index (χ1) is 11.9. The normalized spacial score (nSPS) is 12.8. The quantitative estimate of drug-likeness (QED) is 0.235. The van der Waals surface area contributed by atoms with Gasteiger partial charge in [0.25, 0.3) is 5.09 Å². The predicted molar refractivity (Wildman–Crippen MR) is 103 cm³/mol. The van der Waals surface area contributed by atoms with Crippen LogP contribution in [0.1, 0.15) is 70.8 Å². The van der Waals surface area contributed by atoms with Crippen LogP contribution in [0.4, 0.5) is 0 Å². The number of hydrogen-bond acceptors (Lipinski definition) is 2. The minimum atomic E-state index is -1.50. The third kappa shape index (κ3) is 14.4. The maximum absolute atomic E-state index is 8.36. The van der Waals surface area contributed by atoms with E-state index in [-0.39, 0.29) is 0 Å². The van der Waals surface area contributed by atoms with Gasteiger partial charge in [-0.25, -0.2) is 0 Å². The topological polar surface area (TPSA) is 63.4 Å². The lowest BCUT2D eigenvalue weighted by Gasteiger charge is -2.33. The molecule has 5 heteroatoms. The molecule has 0 aliphatic carbocycles. The van der Waals surface area contributed by atoms with E-state index in [1.54, 1.807) is 0 Å². The number of nitrogens with zero attached hydrogens (tertiary/aromatic N) is 2. The van der Waals surface area contributed by atoms with Gasteiger partial charge in [-0.3, -0.25) is 0 Å². The second-order valence-corrected chi connectivity index (χ2v) is 7.02. The summed E-state index contributed by atoms with van der Waals surface area (Å²) >= 11 is 0. The van der Waals surface area contributed by atoms with Crippen LogP contribution < -0.4 is 0 Å². The monoisotopic (exact) mass is 353 g/mol. The average molecular weight is 354 g/mol.